The van der Waals surface area contributed by atoms with Crippen molar-refractivity contribution in [3.63, 3.8) is 0 Å². The van der Waals surface area contributed by atoms with E-state index in [4.69, 9.17) is 9.47 Å². The quantitative estimate of drug-likeness (QED) is 0.208. The summed E-state index contributed by atoms with van der Waals surface area (Å²) in [5, 5.41) is 23.7. The van der Waals surface area contributed by atoms with Gasteiger partial charge < -0.3 is 19.9 Å². The molecule has 0 aromatic heterocycles. The van der Waals surface area contributed by atoms with Gasteiger partial charge in [0.15, 0.2) is 0 Å². The number of ether oxygens (including phenoxy) is 2. The van der Waals surface area contributed by atoms with Crippen LogP contribution in [0.15, 0.2) is 40.5 Å². The molecule has 0 radical (unpaired) electrons. The molecule has 1 aromatic carbocycles. The molecule has 1 aromatic rings. The largest absolute Gasteiger partial charge is 0.480 e. The van der Waals surface area contributed by atoms with Crippen LogP contribution in [-0.4, -0.2) is 60.5 Å². The number of nitrogens with zero attached hydrogens (tertiary/aromatic N) is 2. The van der Waals surface area contributed by atoms with Crippen LogP contribution in [0.1, 0.15) is 45.1 Å². The second-order valence-corrected chi connectivity index (χ2v) is 8.48. The highest BCUT2D eigenvalue weighted by molar-refractivity contribution is 6.08. The molecule has 1 amide bonds. The number of allylic oxidation sites excluding steroid dienone is 1. The summed E-state index contributed by atoms with van der Waals surface area (Å²) < 4.78 is 9.97. The van der Waals surface area contributed by atoms with Gasteiger partial charge in [-0.3, -0.25) is 24.7 Å². The average Bonchev–Trinajstić information content (AvgIpc) is 2.81. The van der Waals surface area contributed by atoms with Crippen LogP contribution in [0.5, 0.6) is 0 Å². The topological polar surface area (TPSA) is 157 Å². The Morgan fingerprint density at radius 3 is 2.51 bits per heavy atom. The van der Waals surface area contributed by atoms with Crippen molar-refractivity contribution >= 4 is 29.2 Å². The Labute approximate surface area is 203 Å². The first kappa shape index (κ1) is 27.6. The molecule has 0 fully saturated rings. The van der Waals surface area contributed by atoms with Gasteiger partial charge >= 0.3 is 11.9 Å². The van der Waals surface area contributed by atoms with Crippen LogP contribution in [0.3, 0.4) is 0 Å². The molecule has 0 saturated carbocycles. The fraction of sp³-hybridized carbons (Fsp3) is 0.500. The molecule has 4 atom stereocenters. The molecule has 35 heavy (non-hydrogen) atoms. The zero-order valence-electron chi connectivity index (χ0n) is 20.4. The number of hydrogen-bond donors (Lipinski definition) is 2. The van der Waals surface area contributed by atoms with Crippen LogP contribution in [0.2, 0.25) is 0 Å². The van der Waals surface area contributed by atoms with Crippen molar-refractivity contribution in [3.8, 4) is 0 Å². The second kappa shape index (κ2) is 12.2. The number of carboxylic acids is 1. The highest BCUT2D eigenvalue weighted by atomic mass is 16.6. The average molecular weight is 490 g/mol. The summed E-state index contributed by atoms with van der Waals surface area (Å²) in [5.41, 5.74) is 0.854. The lowest BCUT2D eigenvalue weighted by molar-refractivity contribution is -0.384. The van der Waals surface area contributed by atoms with Crippen molar-refractivity contribution in [1.82, 2.24) is 5.32 Å². The number of amides is 1. The smallest absolute Gasteiger partial charge is 0.326 e. The van der Waals surface area contributed by atoms with Gasteiger partial charge in [0.05, 0.1) is 12.0 Å². The monoisotopic (exact) mass is 489 g/mol. The van der Waals surface area contributed by atoms with E-state index < -0.39 is 46.6 Å². The van der Waals surface area contributed by atoms with Gasteiger partial charge in [-0.2, -0.15) is 0 Å². The second-order valence-electron chi connectivity index (χ2n) is 8.48. The van der Waals surface area contributed by atoms with Crippen LogP contribution < -0.4 is 5.32 Å². The third-order valence-corrected chi connectivity index (χ3v) is 6.10. The first-order valence-electron chi connectivity index (χ1n) is 11.1. The number of rotatable bonds is 11. The van der Waals surface area contributed by atoms with E-state index in [0.29, 0.717) is 30.7 Å². The third-order valence-electron chi connectivity index (χ3n) is 6.10. The van der Waals surface area contributed by atoms with E-state index in [-0.39, 0.29) is 17.0 Å². The predicted molar refractivity (Wildman–Crippen MR) is 127 cm³/mol. The lowest BCUT2D eigenvalue weighted by atomic mass is 9.75. The number of carbonyl (C=O) groups is 3. The van der Waals surface area contributed by atoms with Gasteiger partial charge in [0.25, 0.3) is 5.69 Å². The Kier molecular flexibility index (Phi) is 9.64. The number of carboxylic acid groups (broad SMARTS) is 1. The molecule has 4 unspecified atom stereocenters. The molecule has 0 spiro atoms. The Balaban J connectivity index is 2.54. The van der Waals surface area contributed by atoms with Crippen molar-refractivity contribution in [1.29, 1.82) is 0 Å². The maximum Gasteiger partial charge on any atom is 0.326 e. The highest BCUT2D eigenvalue weighted by Gasteiger charge is 2.43. The molecule has 1 aliphatic rings. The van der Waals surface area contributed by atoms with Crippen molar-refractivity contribution < 1.29 is 33.9 Å². The van der Waals surface area contributed by atoms with Crippen molar-refractivity contribution in [2.24, 2.45) is 16.8 Å². The van der Waals surface area contributed by atoms with Gasteiger partial charge in [-0.15, -0.1) is 0 Å². The number of esters is 1. The molecule has 1 heterocycles. The summed E-state index contributed by atoms with van der Waals surface area (Å²) in [6, 6.07) is 4.44. The summed E-state index contributed by atoms with van der Waals surface area (Å²) in [5.74, 6) is -4.96. The predicted octanol–water partition coefficient (Wildman–Crippen LogP) is 2.85. The number of benzene rings is 1. The molecule has 2 rings (SSSR count). The van der Waals surface area contributed by atoms with Gasteiger partial charge in [0, 0.05) is 48.7 Å². The number of carbonyl (C=O) groups excluding carboxylic acids is 2. The Morgan fingerprint density at radius 1 is 1.26 bits per heavy atom. The number of non-ortho nitro benzene ring substituents is 1. The van der Waals surface area contributed by atoms with E-state index in [1.165, 1.54) is 25.3 Å². The van der Waals surface area contributed by atoms with E-state index in [2.05, 4.69) is 10.3 Å². The van der Waals surface area contributed by atoms with Gasteiger partial charge in [-0.1, -0.05) is 19.1 Å². The van der Waals surface area contributed by atoms with Crippen LogP contribution >= 0.6 is 0 Å². The third kappa shape index (κ3) is 6.50. The molecule has 190 valence electrons. The Morgan fingerprint density at radius 2 is 1.94 bits per heavy atom. The minimum atomic E-state index is -1.20. The van der Waals surface area contributed by atoms with E-state index in [9.17, 15) is 29.6 Å². The lowest BCUT2D eigenvalue weighted by Crippen LogP contribution is -2.48. The van der Waals surface area contributed by atoms with E-state index in [1.54, 1.807) is 33.9 Å². The van der Waals surface area contributed by atoms with Gasteiger partial charge in [-0.25, -0.2) is 4.79 Å². The van der Waals surface area contributed by atoms with Crippen LogP contribution in [0.4, 0.5) is 5.69 Å². The maximum atomic E-state index is 13.5. The lowest BCUT2D eigenvalue weighted by Gasteiger charge is -2.32. The fourth-order valence-corrected chi connectivity index (χ4v) is 4.34. The SMILES string of the molecule is COCCCC(C)C(NC(=O)C1=C(C)N=C(C)C(C(=O)OC)C1c1cccc([N+](=O)[O-])c1)C(=O)O. The van der Waals surface area contributed by atoms with E-state index >= 15 is 0 Å². The van der Waals surface area contributed by atoms with Gasteiger partial charge in [0.1, 0.15) is 12.0 Å². The van der Waals surface area contributed by atoms with Crippen molar-refractivity contribution in [3.05, 3.63) is 51.2 Å². The molecule has 0 saturated heterocycles. The summed E-state index contributed by atoms with van der Waals surface area (Å²) >= 11 is 0. The number of nitrogens with one attached hydrogen (secondary N) is 1. The first-order valence-corrected chi connectivity index (χ1v) is 11.1. The maximum absolute atomic E-state index is 13.5. The van der Waals surface area contributed by atoms with Crippen LogP contribution in [-0.2, 0) is 23.9 Å². The standard InChI is InChI=1S/C24H31N3O8/c1-13(8-7-11-34-4)21(23(29)30)26-22(28)18-14(2)25-15(3)19(24(31)35-5)20(18)16-9-6-10-17(12-16)27(32)33/h6,9-10,12-13,19-21H,7-8,11H2,1-5H3,(H,26,28)(H,29,30). The number of hydrogen-bond acceptors (Lipinski definition) is 8. The minimum absolute atomic E-state index is 0.0573. The van der Waals surface area contributed by atoms with Crippen LogP contribution in [0.25, 0.3) is 0 Å². The summed E-state index contributed by atoms with van der Waals surface area (Å²) in [4.78, 5) is 53.4. The first-order chi connectivity index (χ1) is 16.5. The van der Waals surface area contributed by atoms with Crippen molar-refractivity contribution in [2.75, 3.05) is 20.8 Å². The number of nitro groups is 1. The summed E-state index contributed by atoms with van der Waals surface area (Å²) in [7, 11) is 2.75. The van der Waals surface area contributed by atoms with E-state index in [0.717, 1.165) is 0 Å². The molecule has 2 N–H and O–H groups in total. The minimum Gasteiger partial charge on any atom is -0.480 e. The Bertz CT molecular complexity index is 1050. The highest BCUT2D eigenvalue weighted by Crippen LogP contribution is 2.40. The van der Waals surface area contributed by atoms with Crippen LogP contribution in [0, 0.1) is 22.0 Å². The fourth-order valence-electron chi connectivity index (χ4n) is 4.34. The molecule has 11 heteroatoms. The molecule has 1 aliphatic heterocycles. The number of methoxy groups -OCH3 is 2. The van der Waals surface area contributed by atoms with Gasteiger partial charge in [-0.05, 0) is 38.2 Å². The van der Waals surface area contributed by atoms with Gasteiger partial charge in [0.2, 0.25) is 5.91 Å². The summed E-state index contributed by atoms with van der Waals surface area (Å²) in [6.45, 7) is 5.36. The number of nitro benzene ring substituents is 1. The molecule has 0 aliphatic carbocycles. The normalized spacial score (nSPS) is 19.4. The van der Waals surface area contributed by atoms with Crippen molar-refractivity contribution in [2.45, 2.75) is 45.6 Å². The molecular weight excluding hydrogens is 458 g/mol. The molecular formula is C24H31N3O8. The Hall–Kier alpha value is -3.60. The summed E-state index contributed by atoms with van der Waals surface area (Å²) in [6.07, 6.45) is 1.11. The number of aliphatic carboxylic acids is 1. The zero-order chi connectivity index (χ0) is 26.3. The molecule has 11 nitrogen and oxygen atoms in total. The zero-order valence-corrected chi connectivity index (χ0v) is 20.4. The number of aliphatic imine (C=N–C) groups is 1. The molecule has 0 bridgehead atoms. The van der Waals surface area contributed by atoms with E-state index in [1.807, 2.05) is 0 Å².